The number of fused-ring (bicyclic) bond motifs is 8. The summed E-state index contributed by atoms with van der Waals surface area (Å²) in [4.78, 5) is 0. The molecule has 0 aliphatic carbocycles. The molecule has 0 radical (unpaired) electrons. The Morgan fingerprint density at radius 3 is 1.81 bits per heavy atom. The van der Waals surface area contributed by atoms with Crippen LogP contribution in [0, 0.1) is 0 Å². The van der Waals surface area contributed by atoms with Crippen LogP contribution in [0.15, 0.2) is 174 Å². The van der Waals surface area contributed by atoms with Crippen LogP contribution in [0.5, 0.6) is 0 Å². The lowest BCUT2D eigenvalue weighted by Gasteiger charge is -2.18. The second-order valence-electron chi connectivity index (χ2n) is 11.8. The van der Waals surface area contributed by atoms with E-state index in [-0.39, 0.29) is 45.7 Å². The van der Waals surface area contributed by atoms with Crippen molar-refractivity contribution in [1.82, 2.24) is 0 Å². The monoisotopic (exact) mass is 604 g/mol. The number of hydrogen-bond donors (Lipinski definition) is 0. The predicted molar refractivity (Wildman–Crippen MR) is 200 cm³/mol. The van der Waals surface area contributed by atoms with Crippen LogP contribution < -0.4 is 0 Å². The van der Waals surface area contributed by atoms with Crippen LogP contribution in [0.1, 0.15) is 11.0 Å². The topological polar surface area (TPSA) is 13.1 Å². The Labute approximate surface area is 283 Å². The molecule has 0 spiro atoms. The average molecular weight is 605 g/mol. The van der Waals surface area contributed by atoms with Gasteiger partial charge in [0, 0.05) is 16.2 Å². The molecule has 10 rings (SSSR count). The molecule has 0 unspecified atom stereocenters. The smallest absolute Gasteiger partial charge is 0.143 e. The Morgan fingerprint density at radius 2 is 1.04 bits per heavy atom. The molecule has 9 aromatic carbocycles. The highest BCUT2D eigenvalue weighted by molar-refractivity contribution is 6.27. The molecule has 0 amide bonds. The lowest BCUT2D eigenvalue weighted by atomic mass is 9.84. The summed E-state index contributed by atoms with van der Waals surface area (Å²) < 4.78 is 79.8. The minimum absolute atomic E-state index is 0.166. The standard InChI is InChI=1S/C46H28O/c1-2-11-29(12-3-1)32-23-21-30-22-24-33(28-34(30)27-32)43-36-15-6-8-17-38(36)44(39-18-9-7-16-37(39)43)40-19-10-20-42-45(40)41-26-25-31-13-4-5-14-35(31)46(41)47-42/h1-28H/i6D,7D,8D,9D,15D,16D,17D,18D. The molecule has 0 saturated carbocycles. The van der Waals surface area contributed by atoms with Gasteiger partial charge in [-0.1, -0.05) is 145 Å². The average Bonchev–Trinajstić information content (AvgIpc) is 3.62. The molecule has 218 valence electrons. The second kappa shape index (κ2) is 10.2. The third-order valence-electron chi connectivity index (χ3n) is 9.27. The van der Waals surface area contributed by atoms with Gasteiger partial charge in [-0.3, -0.25) is 0 Å². The van der Waals surface area contributed by atoms with Crippen LogP contribution in [-0.4, -0.2) is 0 Å². The third kappa shape index (κ3) is 3.97. The van der Waals surface area contributed by atoms with Gasteiger partial charge in [0.25, 0.3) is 0 Å². The molecule has 0 fully saturated rings. The van der Waals surface area contributed by atoms with Crippen molar-refractivity contribution in [3.8, 4) is 33.4 Å². The predicted octanol–water partition coefficient (Wildman–Crippen LogP) is 13.2. The third-order valence-corrected chi connectivity index (χ3v) is 9.27. The summed E-state index contributed by atoms with van der Waals surface area (Å²) in [6, 6.07) is 36.2. The molecule has 0 aliphatic heterocycles. The first-order valence-corrected chi connectivity index (χ1v) is 15.5. The van der Waals surface area contributed by atoms with Gasteiger partial charge in [0.15, 0.2) is 0 Å². The van der Waals surface area contributed by atoms with Gasteiger partial charge in [0.2, 0.25) is 0 Å². The zero-order chi connectivity index (χ0) is 37.9. The molecule has 0 aliphatic rings. The zero-order valence-electron chi connectivity index (χ0n) is 33.0. The highest BCUT2D eigenvalue weighted by Crippen LogP contribution is 2.47. The van der Waals surface area contributed by atoms with E-state index in [9.17, 15) is 5.48 Å². The number of benzene rings is 9. The molecule has 0 atom stereocenters. The Morgan fingerprint density at radius 1 is 0.404 bits per heavy atom. The van der Waals surface area contributed by atoms with E-state index in [1.165, 1.54) is 0 Å². The second-order valence-corrected chi connectivity index (χ2v) is 11.8. The van der Waals surface area contributed by atoms with E-state index >= 15 is 0 Å². The normalized spacial score (nSPS) is 14.2. The van der Waals surface area contributed by atoms with E-state index in [2.05, 4.69) is 6.07 Å². The lowest BCUT2D eigenvalue weighted by molar-refractivity contribution is 0.673. The highest BCUT2D eigenvalue weighted by atomic mass is 16.3. The maximum Gasteiger partial charge on any atom is 0.143 e. The Kier molecular flexibility index (Phi) is 4.19. The lowest BCUT2D eigenvalue weighted by Crippen LogP contribution is -1.91. The van der Waals surface area contributed by atoms with Crippen molar-refractivity contribution in [3.63, 3.8) is 0 Å². The molecular weight excluding hydrogens is 569 g/mol. The van der Waals surface area contributed by atoms with Crippen molar-refractivity contribution in [1.29, 1.82) is 0 Å². The van der Waals surface area contributed by atoms with Gasteiger partial charge >= 0.3 is 0 Å². The van der Waals surface area contributed by atoms with Gasteiger partial charge in [0.05, 0.1) is 11.0 Å². The van der Waals surface area contributed by atoms with Gasteiger partial charge in [-0.25, -0.2) is 0 Å². The van der Waals surface area contributed by atoms with Crippen molar-refractivity contribution in [2.45, 2.75) is 0 Å². The van der Waals surface area contributed by atoms with Crippen LogP contribution in [0.25, 0.3) is 98.4 Å². The van der Waals surface area contributed by atoms with E-state index < -0.39 is 24.2 Å². The fourth-order valence-electron chi connectivity index (χ4n) is 7.16. The van der Waals surface area contributed by atoms with E-state index in [1.807, 2.05) is 109 Å². The van der Waals surface area contributed by atoms with E-state index in [4.69, 9.17) is 9.90 Å². The summed E-state index contributed by atoms with van der Waals surface area (Å²) in [7, 11) is 0. The van der Waals surface area contributed by atoms with Crippen LogP contribution in [0.2, 0.25) is 0 Å². The minimum atomic E-state index is -0.439. The summed E-state index contributed by atoms with van der Waals surface area (Å²) in [6.45, 7) is 0. The maximum absolute atomic E-state index is 9.46. The molecule has 0 saturated heterocycles. The van der Waals surface area contributed by atoms with E-state index in [0.29, 0.717) is 38.8 Å². The number of hydrogen-bond acceptors (Lipinski definition) is 1. The molecule has 1 heteroatoms. The molecule has 1 aromatic heterocycles. The first-order chi connectivity index (χ1) is 26.6. The quantitative estimate of drug-likeness (QED) is 0.183. The van der Waals surface area contributed by atoms with Gasteiger partial charge in [-0.05, 0) is 95.3 Å². The summed E-state index contributed by atoms with van der Waals surface area (Å²) in [5, 5.41) is 5.85. The van der Waals surface area contributed by atoms with Crippen LogP contribution in [0.4, 0.5) is 0 Å². The summed E-state index contributed by atoms with van der Waals surface area (Å²) >= 11 is 0. The van der Waals surface area contributed by atoms with Crippen LogP contribution >= 0.6 is 0 Å². The molecule has 1 nitrogen and oxygen atoms in total. The molecule has 10 aromatic rings. The first kappa shape index (κ1) is 19.4. The van der Waals surface area contributed by atoms with Crippen LogP contribution in [-0.2, 0) is 0 Å². The van der Waals surface area contributed by atoms with Gasteiger partial charge in [-0.2, -0.15) is 0 Å². The van der Waals surface area contributed by atoms with Crippen molar-refractivity contribution < 1.29 is 15.4 Å². The molecule has 47 heavy (non-hydrogen) atoms. The van der Waals surface area contributed by atoms with Crippen molar-refractivity contribution in [2.75, 3.05) is 0 Å². The van der Waals surface area contributed by atoms with Crippen LogP contribution in [0.3, 0.4) is 0 Å². The van der Waals surface area contributed by atoms with E-state index in [0.717, 1.165) is 38.1 Å². The number of rotatable bonds is 3. The maximum atomic E-state index is 9.46. The SMILES string of the molecule is [2H]c1c([2H])c([2H])c2c(-c3cccc4oc5c6ccccc6ccc5c34)c3c([2H])c([2H])c([2H])c([2H])c3c(-c3ccc4ccc(-c5ccccc5)cc4c3)c2c1[2H]. The molecule has 0 N–H and O–H groups in total. The summed E-state index contributed by atoms with van der Waals surface area (Å²) in [5.74, 6) is 0. The van der Waals surface area contributed by atoms with E-state index in [1.54, 1.807) is 6.07 Å². The van der Waals surface area contributed by atoms with Crippen molar-refractivity contribution in [2.24, 2.45) is 0 Å². The van der Waals surface area contributed by atoms with Gasteiger partial charge in [-0.15, -0.1) is 0 Å². The fraction of sp³-hybridized carbons (Fsp3) is 0. The molecule has 0 bridgehead atoms. The molecule has 1 heterocycles. The summed E-state index contributed by atoms with van der Waals surface area (Å²) in [5.41, 5.74) is 4.93. The Hall–Kier alpha value is -6.18. The zero-order valence-corrected chi connectivity index (χ0v) is 25.0. The number of furan rings is 1. The Balaban J connectivity index is 1.42. The molecular formula is C46H28O. The van der Waals surface area contributed by atoms with Crippen molar-refractivity contribution in [3.05, 3.63) is 170 Å². The first-order valence-electron chi connectivity index (χ1n) is 19.5. The van der Waals surface area contributed by atoms with Gasteiger partial charge in [0.1, 0.15) is 11.2 Å². The van der Waals surface area contributed by atoms with Gasteiger partial charge < -0.3 is 4.42 Å². The Bertz CT molecular complexity index is 3220. The minimum Gasteiger partial charge on any atom is -0.455 e. The van der Waals surface area contributed by atoms with Crippen molar-refractivity contribution >= 4 is 65.0 Å². The largest absolute Gasteiger partial charge is 0.455 e. The fourth-order valence-corrected chi connectivity index (χ4v) is 7.16. The summed E-state index contributed by atoms with van der Waals surface area (Å²) in [6.07, 6.45) is 0. The highest BCUT2D eigenvalue weighted by Gasteiger charge is 2.21.